The van der Waals surface area contributed by atoms with E-state index < -0.39 is 0 Å². The average molecular weight is 208 g/mol. The van der Waals surface area contributed by atoms with E-state index in [2.05, 4.69) is 20.8 Å². The van der Waals surface area contributed by atoms with Gasteiger partial charge in [-0.15, -0.1) is 0 Å². The molecule has 2 rings (SSSR count). The Bertz CT molecular complexity index is 217. The summed E-state index contributed by atoms with van der Waals surface area (Å²) in [5, 5.41) is 0. The SMILES string of the molecule is CC(C)C1CBC2CCCCC2(C)OC1. The van der Waals surface area contributed by atoms with Crippen molar-refractivity contribution in [2.45, 2.75) is 64.2 Å². The predicted molar refractivity (Wildman–Crippen MR) is 66.9 cm³/mol. The third-order valence-electron chi connectivity index (χ3n) is 4.80. The van der Waals surface area contributed by atoms with Gasteiger partial charge in [0.25, 0.3) is 0 Å². The lowest BCUT2D eigenvalue weighted by molar-refractivity contribution is -0.0667. The zero-order chi connectivity index (χ0) is 10.9. The van der Waals surface area contributed by atoms with Gasteiger partial charge in [-0.25, -0.2) is 0 Å². The molecule has 1 aliphatic heterocycles. The first-order valence-corrected chi connectivity index (χ1v) is 6.76. The second kappa shape index (κ2) is 4.49. The van der Waals surface area contributed by atoms with E-state index in [0.29, 0.717) is 0 Å². The van der Waals surface area contributed by atoms with Crippen LogP contribution in [-0.4, -0.2) is 19.5 Å². The minimum atomic E-state index is 0.224. The van der Waals surface area contributed by atoms with Crippen LogP contribution in [0, 0.1) is 11.8 Å². The molecule has 0 bridgehead atoms. The Hall–Kier alpha value is 0.0249. The van der Waals surface area contributed by atoms with Crippen molar-refractivity contribution in [3.05, 3.63) is 0 Å². The summed E-state index contributed by atoms with van der Waals surface area (Å²) in [7, 11) is 1.40. The average Bonchev–Trinajstić information content (AvgIpc) is 2.36. The van der Waals surface area contributed by atoms with Crippen molar-refractivity contribution in [2.75, 3.05) is 6.61 Å². The normalized spacial score (nSPS) is 41.9. The van der Waals surface area contributed by atoms with Gasteiger partial charge in [0.05, 0.1) is 5.60 Å². The first-order valence-electron chi connectivity index (χ1n) is 6.76. The molecule has 1 nitrogen and oxygen atoms in total. The second-order valence-electron chi connectivity index (χ2n) is 6.15. The van der Waals surface area contributed by atoms with Gasteiger partial charge < -0.3 is 4.74 Å². The maximum atomic E-state index is 6.27. The Morgan fingerprint density at radius 1 is 1.33 bits per heavy atom. The van der Waals surface area contributed by atoms with Crippen LogP contribution in [0.4, 0.5) is 0 Å². The molecule has 0 spiro atoms. The molecule has 86 valence electrons. The number of ether oxygens (including phenoxy) is 1. The Balaban J connectivity index is 2.03. The van der Waals surface area contributed by atoms with Crippen LogP contribution in [0.25, 0.3) is 0 Å². The van der Waals surface area contributed by atoms with Crippen molar-refractivity contribution in [3.8, 4) is 0 Å². The molecule has 15 heavy (non-hydrogen) atoms. The van der Waals surface area contributed by atoms with E-state index in [0.717, 1.165) is 24.3 Å². The van der Waals surface area contributed by atoms with Crippen LogP contribution >= 0.6 is 0 Å². The molecule has 2 fully saturated rings. The van der Waals surface area contributed by atoms with Crippen molar-refractivity contribution in [1.82, 2.24) is 0 Å². The van der Waals surface area contributed by atoms with Gasteiger partial charge in [-0.3, -0.25) is 0 Å². The molecule has 0 N–H and O–H groups in total. The molecule has 1 aliphatic carbocycles. The highest BCUT2D eigenvalue weighted by Crippen LogP contribution is 2.44. The van der Waals surface area contributed by atoms with E-state index in [1.165, 1.54) is 39.3 Å². The van der Waals surface area contributed by atoms with Crippen LogP contribution in [0.3, 0.4) is 0 Å². The lowest BCUT2D eigenvalue weighted by Gasteiger charge is -2.40. The zero-order valence-corrected chi connectivity index (χ0v) is 10.6. The molecule has 0 amide bonds. The minimum Gasteiger partial charge on any atom is -0.375 e. The molecule has 0 aromatic heterocycles. The number of rotatable bonds is 1. The Morgan fingerprint density at radius 2 is 2.13 bits per heavy atom. The van der Waals surface area contributed by atoms with Gasteiger partial charge in [0, 0.05) is 6.61 Å². The molecular weight excluding hydrogens is 183 g/mol. The van der Waals surface area contributed by atoms with Gasteiger partial charge >= 0.3 is 0 Å². The maximum Gasteiger partial charge on any atom is 0.128 e. The number of hydrogen-bond acceptors (Lipinski definition) is 1. The Kier molecular flexibility index (Phi) is 3.44. The summed E-state index contributed by atoms with van der Waals surface area (Å²) in [5.74, 6) is 2.43. The summed E-state index contributed by atoms with van der Waals surface area (Å²) in [6.45, 7) is 8.04. The fourth-order valence-corrected chi connectivity index (χ4v) is 3.34. The van der Waals surface area contributed by atoms with Crippen molar-refractivity contribution in [1.29, 1.82) is 0 Å². The molecule has 2 heteroatoms. The van der Waals surface area contributed by atoms with Crippen molar-refractivity contribution in [3.63, 3.8) is 0 Å². The van der Waals surface area contributed by atoms with E-state index in [1.54, 1.807) is 0 Å². The highest BCUT2D eigenvalue weighted by Gasteiger charge is 2.40. The van der Waals surface area contributed by atoms with Gasteiger partial charge in [0.15, 0.2) is 0 Å². The minimum absolute atomic E-state index is 0.224. The largest absolute Gasteiger partial charge is 0.375 e. The Morgan fingerprint density at radius 3 is 2.87 bits per heavy atom. The fourth-order valence-electron chi connectivity index (χ4n) is 3.34. The van der Waals surface area contributed by atoms with Crippen LogP contribution in [0.5, 0.6) is 0 Å². The van der Waals surface area contributed by atoms with Crippen molar-refractivity contribution >= 4 is 7.28 Å². The monoisotopic (exact) mass is 208 g/mol. The summed E-state index contributed by atoms with van der Waals surface area (Å²) in [6.07, 6.45) is 6.89. The second-order valence-corrected chi connectivity index (χ2v) is 6.15. The lowest BCUT2D eigenvalue weighted by Crippen LogP contribution is -2.38. The van der Waals surface area contributed by atoms with Crippen molar-refractivity contribution < 1.29 is 4.74 Å². The molecule has 0 aromatic rings. The van der Waals surface area contributed by atoms with Gasteiger partial charge in [-0.2, -0.15) is 0 Å². The summed E-state index contributed by atoms with van der Waals surface area (Å²) in [6, 6.07) is 0. The van der Waals surface area contributed by atoms with Gasteiger partial charge in [0.1, 0.15) is 7.28 Å². The third kappa shape index (κ3) is 2.41. The predicted octanol–water partition coefficient (Wildman–Crippen LogP) is 3.26. The van der Waals surface area contributed by atoms with Crippen LogP contribution in [0.2, 0.25) is 12.1 Å². The molecule has 1 heterocycles. The standard InChI is InChI=1S/C13H25BO/c1-10(2)11-8-14-12-6-4-5-7-13(12,3)15-9-11/h10-12,14H,4-9H2,1-3H3. The van der Waals surface area contributed by atoms with E-state index in [9.17, 15) is 0 Å². The van der Waals surface area contributed by atoms with Crippen molar-refractivity contribution in [2.24, 2.45) is 11.8 Å². The van der Waals surface area contributed by atoms with Gasteiger partial charge in [-0.05, 0) is 31.0 Å². The smallest absolute Gasteiger partial charge is 0.128 e. The van der Waals surface area contributed by atoms with E-state index in [-0.39, 0.29) is 5.60 Å². The quantitative estimate of drug-likeness (QED) is 0.601. The molecule has 0 radical (unpaired) electrons. The molecule has 0 aromatic carbocycles. The Labute approximate surface area is 95.2 Å². The highest BCUT2D eigenvalue weighted by atomic mass is 16.5. The summed E-state index contributed by atoms with van der Waals surface area (Å²) in [5.41, 5.74) is 0.224. The van der Waals surface area contributed by atoms with E-state index >= 15 is 0 Å². The van der Waals surface area contributed by atoms with E-state index in [4.69, 9.17) is 4.74 Å². The summed E-state index contributed by atoms with van der Waals surface area (Å²) in [4.78, 5) is 0. The fraction of sp³-hybridized carbons (Fsp3) is 1.00. The first-order chi connectivity index (χ1) is 7.12. The van der Waals surface area contributed by atoms with Gasteiger partial charge in [0.2, 0.25) is 0 Å². The molecule has 2 aliphatic rings. The molecule has 1 saturated carbocycles. The molecular formula is C13H25BO. The van der Waals surface area contributed by atoms with Crippen LogP contribution in [0.1, 0.15) is 46.5 Å². The summed E-state index contributed by atoms with van der Waals surface area (Å²) >= 11 is 0. The number of fused-ring (bicyclic) bond motifs is 1. The molecule has 1 saturated heterocycles. The zero-order valence-electron chi connectivity index (χ0n) is 10.6. The molecule has 3 unspecified atom stereocenters. The summed E-state index contributed by atoms with van der Waals surface area (Å²) < 4.78 is 6.27. The van der Waals surface area contributed by atoms with E-state index in [1.807, 2.05) is 0 Å². The van der Waals surface area contributed by atoms with Gasteiger partial charge in [-0.1, -0.05) is 39.4 Å². The highest BCUT2D eigenvalue weighted by molar-refractivity contribution is 6.38. The maximum absolute atomic E-state index is 6.27. The van der Waals surface area contributed by atoms with Crippen LogP contribution in [0.15, 0.2) is 0 Å². The lowest BCUT2D eigenvalue weighted by atomic mass is 9.50. The number of hydrogen-bond donors (Lipinski definition) is 0. The molecule has 3 atom stereocenters. The first kappa shape index (κ1) is 11.5. The van der Waals surface area contributed by atoms with Crippen LogP contribution < -0.4 is 0 Å². The van der Waals surface area contributed by atoms with Crippen LogP contribution in [-0.2, 0) is 4.74 Å². The third-order valence-corrected chi connectivity index (χ3v) is 4.80. The topological polar surface area (TPSA) is 9.23 Å².